The van der Waals surface area contributed by atoms with Crippen molar-refractivity contribution in [2.24, 2.45) is 7.05 Å². The Morgan fingerprint density at radius 2 is 2.05 bits per heavy atom. The van der Waals surface area contributed by atoms with Crippen LogP contribution in [0, 0.1) is 9.39 Å². The van der Waals surface area contributed by atoms with Crippen molar-refractivity contribution in [1.82, 2.24) is 4.57 Å². The van der Waals surface area contributed by atoms with Crippen LogP contribution < -0.4 is 28.5 Å². The average Bonchev–Trinajstić information content (AvgIpc) is 2.60. The molecule has 0 saturated heterocycles. The predicted molar refractivity (Wildman–Crippen MR) is 89.9 cm³/mol. The normalized spacial score (nSPS) is 11.7. The third-order valence-corrected chi connectivity index (χ3v) is 5.71. The topological polar surface area (TPSA) is 18.0 Å². The van der Waals surface area contributed by atoms with Crippen molar-refractivity contribution in [3.63, 3.8) is 0 Å². The van der Waals surface area contributed by atoms with Crippen LogP contribution in [0.1, 0.15) is 0 Å². The highest BCUT2D eigenvalue weighted by atomic mass is 127. The third kappa shape index (κ3) is 5.14. The summed E-state index contributed by atoms with van der Waals surface area (Å²) in [5.74, 6) is -0.224. The van der Waals surface area contributed by atoms with E-state index in [4.69, 9.17) is 4.74 Å². The van der Waals surface area contributed by atoms with Crippen molar-refractivity contribution < 1.29 is 37.7 Å². The minimum atomic E-state index is -1.06. The zero-order valence-electron chi connectivity index (χ0n) is 12.8. The lowest BCUT2D eigenvalue weighted by molar-refractivity contribution is -0.646. The van der Waals surface area contributed by atoms with Crippen LogP contribution in [0.3, 0.4) is 0 Å². The summed E-state index contributed by atoms with van der Waals surface area (Å²) in [7, 11) is 0.803. The van der Waals surface area contributed by atoms with Crippen LogP contribution in [0.25, 0.3) is 11.0 Å². The van der Waals surface area contributed by atoms with Crippen molar-refractivity contribution in [2.45, 2.75) is 32.4 Å². The predicted octanol–water partition coefficient (Wildman–Crippen LogP) is 0.526. The van der Waals surface area contributed by atoms with Gasteiger partial charge < -0.3 is 33.3 Å². The summed E-state index contributed by atoms with van der Waals surface area (Å²) in [6, 6.07) is 2.71. The maximum atomic E-state index is 13.6. The van der Waals surface area contributed by atoms with E-state index in [9.17, 15) is 4.39 Å². The molecule has 0 aliphatic heterocycles. The molecule has 0 bridgehead atoms. The molecular weight excluding hydrogens is 513 g/mol. The molecule has 2 heterocycles. The Bertz CT molecular complexity index is 625. The molecule has 118 valence electrons. The zero-order chi connectivity index (χ0) is 14.9. The van der Waals surface area contributed by atoms with E-state index in [0.29, 0.717) is 6.73 Å². The smallest absolute Gasteiger partial charge is 0.244 e. The van der Waals surface area contributed by atoms with Crippen LogP contribution in [0.2, 0.25) is 25.7 Å². The van der Waals surface area contributed by atoms with Gasteiger partial charge in [0.25, 0.3) is 0 Å². The number of halogens is 3. The van der Waals surface area contributed by atoms with Gasteiger partial charge in [0.15, 0.2) is 5.82 Å². The molecular formula is C14H21FI2N2OSi. The van der Waals surface area contributed by atoms with E-state index in [1.54, 1.807) is 6.07 Å². The first-order chi connectivity index (χ1) is 9.28. The Labute approximate surface area is 157 Å². The third-order valence-electron chi connectivity index (χ3n) is 3.22. The molecule has 0 fully saturated rings. The number of hydrogen-bond donors (Lipinski definition) is 0. The van der Waals surface area contributed by atoms with Gasteiger partial charge in [0.2, 0.25) is 11.7 Å². The van der Waals surface area contributed by atoms with Crippen molar-refractivity contribution in [2.75, 3.05) is 6.61 Å². The lowest BCUT2D eigenvalue weighted by atomic mass is 10.3. The molecule has 2 aromatic rings. The summed E-state index contributed by atoms with van der Waals surface area (Å²) in [5, 5.41) is 0. The highest BCUT2D eigenvalue weighted by Gasteiger charge is 2.17. The Morgan fingerprint density at radius 1 is 1.38 bits per heavy atom. The van der Waals surface area contributed by atoms with Crippen LogP contribution in [0.5, 0.6) is 0 Å². The average molecular weight is 534 g/mol. The first-order valence-corrected chi connectivity index (χ1v) is 11.5. The van der Waals surface area contributed by atoms with Crippen molar-refractivity contribution >= 4 is 41.7 Å². The van der Waals surface area contributed by atoms with E-state index < -0.39 is 8.07 Å². The summed E-state index contributed by atoms with van der Waals surface area (Å²) in [5.41, 5.74) is 1.92. The van der Waals surface area contributed by atoms with Crippen LogP contribution in [-0.4, -0.2) is 19.2 Å². The first kappa shape index (κ1) is 19.3. The molecule has 0 radical (unpaired) electrons. The number of pyridine rings is 1. The van der Waals surface area contributed by atoms with Gasteiger partial charge in [-0.05, 0) is 28.6 Å². The number of ether oxygens (including phenoxy) is 1. The Kier molecular flexibility index (Phi) is 7.07. The van der Waals surface area contributed by atoms with Gasteiger partial charge in [0, 0.05) is 26.9 Å². The van der Waals surface area contributed by atoms with Crippen molar-refractivity contribution in [3.05, 3.63) is 27.8 Å². The van der Waals surface area contributed by atoms with Crippen molar-refractivity contribution in [3.8, 4) is 0 Å². The zero-order valence-corrected chi connectivity index (χ0v) is 18.1. The van der Waals surface area contributed by atoms with Gasteiger partial charge in [-0.3, -0.25) is 0 Å². The van der Waals surface area contributed by atoms with E-state index in [1.807, 2.05) is 22.4 Å². The second-order valence-corrected chi connectivity index (χ2v) is 13.1. The van der Waals surface area contributed by atoms with E-state index in [2.05, 4.69) is 42.2 Å². The van der Waals surface area contributed by atoms with Gasteiger partial charge in [-0.15, -0.1) is 0 Å². The van der Waals surface area contributed by atoms with E-state index in [-0.39, 0.29) is 29.8 Å². The molecule has 0 aliphatic carbocycles. The van der Waals surface area contributed by atoms with Crippen LogP contribution >= 0.6 is 22.6 Å². The Morgan fingerprint density at radius 3 is 2.67 bits per heavy atom. The van der Waals surface area contributed by atoms with E-state index in [1.165, 1.54) is 6.20 Å². The summed E-state index contributed by atoms with van der Waals surface area (Å²) >= 11 is 2.28. The number of aromatic nitrogens is 2. The molecule has 0 saturated carbocycles. The van der Waals surface area contributed by atoms with Crippen molar-refractivity contribution in [1.29, 1.82) is 0 Å². The Balaban J connectivity index is 0.00000220. The second-order valence-electron chi connectivity index (χ2n) is 6.30. The van der Waals surface area contributed by atoms with Gasteiger partial charge in [-0.1, -0.05) is 19.6 Å². The SMILES string of the molecule is C[n+]1cc(F)cc2c1c(I)cn2COCC[Si](C)(C)C.[I-]. The minimum absolute atomic E-state index is 0. The summed E-state index contributed by atoms with van der Waals surface area (Å²) in [6.45, 7) is 8.25. The van der Waals surface area contributed by atoms with Crippen LogP contribution in [0.4, 0.5) is 4.39 Å². The van der Waals surface area contributed by atoms with Crippen LogP contribution in [-0.2, 0) is 18.5 Å². The molecule has 7 heteroatoms. The molecule has 0 aromatic carbocycles. The molecule has 2 rings (SSSR count). The van der Waals surface area contributed by atoms with E-state index >= 15 is 0 Å². The van der Waals surface area contributed by atoms with Gasteiger partial charge >= 0.3 is 0 Å². The molecule has 3 nitrogen and oxygen atoms in total. The quantitative estimate of drug-likeness (QED) is 0.237. The molecule has 0 amide bonds. The maximum Gasteiger partial charge on any atom is 0.244 e. The summed E-state index contributed by atoms with van der Waals surface area (Å²) in [4.78, 5) is 0. The number of aryl methyl sites for hydroxylation is 1. The van der Waals surface area contributed by atoms with E-state index in [0.717, 1.165) is 27.3 Å². The lowest BCUT2D eigenvalue weighted by Crippen LogP contribution is -3.00. The summed E-state index contributed by atoms with van der Waals surface area (Å²) < 4.78 is 24.2. The largest absolute Gasteiger partial charge is 1.00 e. The lowest BCUT2D eigenvalue weighted by Gasteiger charge is -2.15. The Hall–Kier alpha value is 0.257. The monoisotopic (exact) mass is 534 g/mol. The second kappa shape index (κ2) is 7.69. The fourth-order valence-electron chi connectivity index (χ4n) is 2.09. The van der Waals surface area contributed by atoms with Gasteiger partial charge in [0.1, 0.15) is 22.9 Å². The fourth-order valence-corrected chi connectivity index (χ4v) is 3.84. The molecule has 0 atom stereocenters. The highest BCUT2D eigenvalue weighted by Crippen LogP contribution is 2.20. The number of hydrogen-bond acceptors (Lipinski definition) is 1. The van der Waals surface area contributed by atoms with Gasteiger partial charge in [0.05, 0.1) is 0 Å². The molecule has 0 N–H and O–H groups in total. The fraction of sp³-hybridized carbons (Fsp3) is 0.500. The molecule has 0 aliphatic rings. The maximum absolute atomic E-state index is 13.6. The van der Waals surface area contributed by atoms with Gasteiger partial charge in [-0.2, -0.15) is 4.57 Å². The standard InChI is InChI=1S/C14H21FIN2OSi.HI/c1-17-8-11(15)7-13-14(17)12(16)9-18(13)10-19-5-6-20(2,3)4;/h7-9H,5-6,10H2,1-4H3;1H/q+1;/p-1. The highest BCUT2D eigenvalue weighted by molar-refractivity contribution is 14.1. The molecule has 21 heavy (non-hydrogen) atoms. The van der Waals surface area contributed by atoms with Gasteiger partial charge in [-0.25, -0.2) is 4.39 Å². The molecule has 0 unspecified atom stereocenters. The number of rotatable bonds is 5. The number of fused-ring (bicyclic) bond motifs is 1. The summed E-state index contributed by atoms with van der Waals surface area (Å²) in [6.07, 6.45) is 3.51. The first-order valence-electron chi connectivity index (χ1n) is 6.69. The minimum Gasteiger partial charge on any atom is -1.00 e. The van der Waals surface area contributed by atoms with Crippen LogP contribution in [0.15, 0.2) is 18.5 Å². The molecule has 2 aromatic heterocycles. The number of nitrogens with zero attached hydrogens (tertiary/aromatic N) is 2. The molecule has 0 spiro atoms.